The first-order valence-electron chi connectivity index (χ1n) is 18.4. The minimum Gasteiger partial charge on any atom is -0.338 e. The molecule has 12 nitrogen and oxygen atoms in total. The Labute approximate surface area is 320 Å². The van der Waals surface area contributed by atoms with E-state index in [-0.39, 0.29) is 7.43 Å². The fraction of sp³-hybridized carbons (Fsp3) is 0.333. The van der Waals surface area contributed by atoms with E-state index in [0.717, 1.165) is 64.7 Å². The standard InChI is InChI=1S/C41H52N8O4.CH4/c50-38(46-40(52)48(34-20-8-4-9-21-34)35-22-10-5-11-23-35)44-32-18-30-42-28-16-2-1-3-17-29-43-31-19-33-45-39(51)47-41(53)49(36-24-12-6-13-25-36)37-26-14-7-15-27-37;/h4-15,20-27,42-43H,1-3,16-19,28-33H2,(H2,44,46,50,52)(H2,45,47,51,53);1H4. The van der Waals surface area contributed by atoms with Gasteiger partial charge in [0, 0.05) is 13.1 Å². The molecule has 4 aromatic carbocycles. The van der Waals surface area contributed by atoms with Crippen molar-refractivity contribution in [3.05, 3.63) is 121 Å². The van der Waals surface area contributed by atoms with Gasteiger partial charge in [0.05, 0.1) is 22.7 Å². The van der Waals surface area contributed by atoms with Crippen molar-refractivity contribution in [2.24, 2.45) is 0 Å². The second-order valence-electron chi connectivity index (χ2n) is 12.4. The molecule has 12 heteroatoms. The summed E-state index contributed by atoms with van der Waals surface area (Å²) in [5.74, 6) is 0. The van der Waals surface area contributed by atoms with Crippen LogP contribution in [0.15, 0.2) is 121 Å². The third kappa shape index (κ3) is 15.5. The Kier molecular flexibility index (Phi) is 20.0. The number of amides is 8. The molecule has 0 aromatic heterocycles. The molecule has 0 saturated carbocycles. The van der Waals surface area contributed by atoms with E-state index < -0.39 is 24.1 Å². The quantitative estimate of drug-likeness (QED) is 0.0507. The van der Waals surface area contributed by atoms with Crippen LogP contribution in [0.2, 0.25) is 0 Å². The normalized spacial score (nSPS) is 10.4. The number of nitrogens with one attached hydrogen (secondary N) is 6. The van der Waals surface area contributed by atoms with Crippen molar-refractivity contribution < 1.29 is 19.2 Å². The van der Waals surface area contributed by atoms with Crippen LogP contribution in [-0.4, -0.2) is 63.4 Å². The highest BCUT2D eigenvalue weighted by Gasteiger charge is 2.21. The largest absolute Gasteiger partial charge is 0.338 e. The molecule has 0 radical (unpaired) electrons. The van der Waals surface area contributed by atoms with Crippen molar-refractivity contribution in [2.45, 2.75) is 52.4 Å². The maximum Gasteiger partial charge on any atom is 0.334 e. The number of carbonyl (C=O) groups excluding carboxylic acids is 4. The summed E-state index contributed by atoms with van der Waals surface area (Å²) in [5, 5.41) is 17.2. The average Bonchev–Trinajstić information content (AvgIpc) is 3.18. The second-order valence-corrected chi connectivity index (χ2v) is 12.4. The number of para-hydroxylation sites is 4. The Morgan fingerprint density at radius 3 is 0.963 bits per heavy atom. The molecule has 0 fully saturated rings. The highest BCUT2D eigenvalue weighted by Crippen LogP contribution is 2.26. The number of anilines is 4. The molecule has 4 rings (SSSR count). The lowest BCUT2D eigenvalue weighted by atomic mass is 10.1. The number of urea groups is 4. The van der Waals surface area contributed by atoms with Crippen molar-refractivity contribution in [1.29, 1.82) is 0 Å². The van der Waals surface area contributed by atoms with Crippen LogP contribution >= 0.6 is 0 Å². The summed E-state index contributed by atoms with van der Waals surface area (Å²) in [6, 6.07) is 34.8. The third-order valence-electron chi connectivity index (χ3n) is 8.24. The zero-order chi connectivity index (χ0) is 37.4. The predicted molar refractivity (Wildman–Crippen MR) is 219 cm³/mol. The third-order valence-corrected chi connectivity index (χ3v) is 8.24. The molecule has 0 saturated heterocycles. The fourth-order valence-corrected chi connectivity index (χ4v) is 5.58. The van der Waals surface area contributed by atoms with Gasteiger partial charge in [-0.1, -0.05) is 99.5 Å². The number of nitrogens with zero attached hydrogens (tertiary/aromatic N) is 2. The maximum absolute atomic E-state index is 13.0. The van der Waals surface area contributed by atoms with Gasteiger partial charge < -0.3 is 21.3 Å². The van der Waals surface area contributed by atoms with Crippen LogP contribution in [0, 0.1) is 0 Å². The van der Waals surface area contributed by atoms with Gasteiger partial charge in [0.25, 0.3) is 0 Å². The molecule has 0 aliphatic carbocycles. The molecule has 0 atom stereocenters. The Morgan fingerprint density at radius 2 is 0.648 bits per heavy atom. The van der Waals surface area contributed by atoms with Gasteiger partial charge in [-0.15, -0.1) is 0 Å². The highest BCUT2D eigenvalue weighted by molar-refractivity contribution is 6.07. The summed E-state index contributed by atoms with van der Waals surface area (Å²) in [4.78, 5) is 53.7. The van der Waals surface area contributed by atoms with Crippen LogP contribution in [0.1, 0.15) is 52.4 Å². The molecule has 0 unspecified atom stereocenters. The van der Waals surface area contributed by atoms with E-state index in [2.05, 4.69) is 31.9 Å². The van der Waals surface area contributed by atoms with E-state index in [1.54, 1.807) is 0 Å². The van der Waals surface area contributed by atoms with Gasteiger partial charge in [0.15, 0.2) is 0 Å². The lowest BCUT2D eigenvalue weighted by molar-refractivity contribution is 0.229. The number of hydrogen-bond donors (Lipinski definition) is 6. The molecule has 54 heavy (non-hydrogen) atoms. The van der Waals surface area contributed by atoms with Crippen molar-refractivity contribution in [2.75, 3.05) is 49.1 Å². The molecule has 0 spiro atoms. The molecule has 0 bridgehead atoms. The number of imide groups is 2. The summed E-state index contributed by atoms with van der Waals surface area (Å²) >= 11 is 0. The van der Waals surface area contributed by atoms with Crippen LogP contribution in [0.4, 0.5) is 41.9 Å². The summed E-state index contributed by atoms with van der Waals surface area (Å²) in [6.45, 7) is 4.33. The molecule has 0 aliphatic heterocycles. The van der Waals surface area contributed by atoms with Crippen molar-refractivity contribution in [1.82, 2.24) is 31.9 Å². The minimum atomic E-state index is -0.524. The molecular formula is C42H56N8O4. The fourth-order valence-electron chi connectivity index (χ4n) is 5.58. The molecule has 8 amide bonds. The van der Waals surface area contributed by atoms with Crippen molar-refractivity contribution in [3.8, 4) is 0 Å². The maximum atomic E-state index is 13.0. The Bertz CT molecular complexity index is 1440. The summed E-state index contributed by atoms with van der Waals surface area (Å²) in [6.07, 6.45) is 7.17. The van der Waals surface area contributed by atoms with E-state index in [9.17, 15) is 19.2 Å². The SMILES string of the molecule is C.O=C(NCCCNCCCCCCCNCCCNC(=O)NC(=O)N(c1ccccc1)c1ccccc1)NC(=O)N(c1ccccc1)c1ccccc1. The van der Waals surface area contributed by atoms with Gasteiger partial charge in [0.2, 0.25) is 0 Å². The van der Waals surface area contributed by atoms with Crippen molar-refractivity contribution >= 4 is 46.9 Å². The van der Waals surface area contributed by atoms with Gasteiger partial charge in [-0.25, -0.2) is 19.2 Å². The second kappa shape index (κ2) is 25.3. The van der Waals surface area contributed by atoms with Crippen molar-refractivity contribution in [3.63, 3.8) is 0 Å². The zero-order valence-electron chi connectivity index (χ0n) is 30.3. The minimum absolute atomic E-state index is 0. The first-order chi connectivity index (χ1) is 26.0. The number of unbranched alkanes of at least 4 members (excludes halogenated alkanes) is 4. The van der Waals surface area contributed by atoms with E-state index in [1.165, 1.54) is 16.2 Å². The summed E-state index contributed by atoms with van der Waals surface area (Å²) < 4.78 is 0. The van der Waals surface area contributed by atoms with Crippen LogP contribution in [0.5, 0.6) is 0 Å². The summed E-state index contributed by atoms with van der Waals surface area (Å²) in [7, 11) is 0. The number of benzene rings is 4. The van der Waals surface area contributed by atoms with Gasteiger partial charge in [-0.2, -0.15) is 0 Å². The first-order valence-corrected chi connectivity index (χ1v) is 18.4. The highest BCUT2D eigenvalue weighted by atomic mass is 16.2. The Morgan fingerprint density at radius 1 is 0.370 bits per heavy atom. The molecule has 0 heterocycles. The monoisotopic (exact) mass is 736 g/mol. The van der Waals surface area contributed by atoms with Gasteiger partial charge in [-0.3, -0.25) is 20.4 Å². The van der Waals surface area contributed by atoms with Crippen LogP contribution in [-0.2, 0) is 0 Å². The number of rotatable bonds is 20. The lowest BCUT2D eigenvalue weighted by Gasteiger charge is -2.23. The number of carbonyl (C=O) groups is 4. The van der Waals surface area contributed by atoms with Crippen LogP contribution in [0.25, 0.3) is 0 Å². The van der Waals surface area contributed by atoms with Gasteiger partial charge >= 0.3 is 24.1 Å². The predicted octanol–water partition coefficient (Wildman–Crippen LogP) is 8.05. The van der Waals surface area contributed by atoms with Gasteiger partial charge in [-0.05, 0) is 100 Å². The van der Waals surface area contributed by atoms with E-state index in [4.69, 9.17) is 0 Å². The Hall–Kier alpha value is -5.72. The van der Waals surface area contributed by atoms with E-state index in [1.807, 2.05) is 121 Å². The molecule has 0 aliphatic rings. The zero-order valence-corrected chi connectivity index (χ0v) is 30.3. The number of hydrogen-bond acceptors (Lipinski definition) is 6. The average molecular weight is 737 g/mol. The van der Waals surface area contributed by atoms with E-state index in [0.29, 0.717) is 35.8 Å². The lowest BCUT2D eigenvalue weighted by Crippen LogP contribution is -2.45. The molecule has 4 aromatic rings. The molecular weight excluding hydrogens is 681 g/mol. The smallest absolute Gasteiger partial charge is 0.334 e. The Balaban J connectivity index is 0.00000784. The van der Waals surface area contributed by atoms with Crippen LogP contribution < -0.4 is 41.7 Å². The molecule has 288 valence electrons. The van der Waals surface area contributed by atoms with Crippen LogP contribution in [0.3, 0.4) is 0 Å². The first kappa shape index (κ1) is 42.7. The van der Waals surface area contributed by atoms with E-state index >= 15 is 0 Å². The van der Waals surface area contributed by atoms with Gasteiger partial charge in [0.1, 0.15) is 0 Å². The molecule has 6 N–H and O–H groups in total. The topological polar surface area (TPSA) is 147 Å². The summed E-state index contributed by atoms with van der Waals surface area (Å²) in [5.41, 5.74) is 2.67.